The molecule has 1 amide bonds. The van der Waals surface area contributed by atoms with Crippen LogP contribution in [0.3, 0.4) is 0 Å². The molecule has 2 aromatic heterocycles. The number of alkyl halides is 3. The molecule has 0 aliphatic heterocycles. The summed E-state index contributed by atoms with van der Waals surface area (Å²) in [5, 5.41) is 3.03. The molecule has 156 valence electrons. The molecule has 1 N–H and O–H groups in total. The summed E-state index contributed by atoms with van der Waals surface area (Å²) >= 11 is 0. The maximum Gasteiger partial charge on any atom is 0.417 e. The second-order valence-corrected chi connectivity index (χ2v) is 7.21. The Kier molecular flexibility index (Phi) is 5.52. The molecule has 0 unspecified atom stereocenters. The molecule has 0 atom stereocenters. The molecule has 30 heavy (non-hydrogen) atoms. The molecular weight excluding hydrogens is 397 g/mol. The first-order valence-electron chi connectivity index (χ1n) is 9.60. The van der Waals surface area contributed by atoms with Crippen LogP contribution in [-0.2, 0) is 6.18 Å². The van der Waals surface area contributed by atoms with Gasteiger partial charge in [0.05, 0.1) is 16.6 Å². The van der Waals surface area contributed by atoms with E-state index < -0.39 is 11.7 Å². The van der Waals surface area contributed by atoms with Gasteiger partial charge >= 0.3 is 6.18 Å². The van der Waals surface area contributed by atoms with Crippen molar-refractivity contribution in [3.63, 3.8) is 0 Å². The highest BCUT2D eigenvalue weighted by atomic mass is 19.4. The van der Waals surface area contributed by atoms with Crippen molar-refractivity contribution in [1.82, 2.24) is 20.3 Å². The number of benzene rings is 1. The molecule has 3 aromatic rings. The summed E-state index contributed by atoms with van der Waals surface area (Å²) in [5.41, 5.74) is 1.10. The van der Waals surface area contributed by atoms with Crippen molar-refractivity contribution < 1.29 is 22.7 Å². The summed E-state index contributed by atoms with van der Waals surface area (Å²) in [6.07, 6.45) is 2.18. The highest BCUT2D eigenvalue weighted by Crippen LogP contribution is 2.30. The number of hydrogen-bond acceptors (Lipinski definition) is 5. The molecule has 1 aliphatic rings. The summed E-state index contributed by atoms with van der Waals surface area (Å²) in [4.78, 5) is 24.7. The zero-order chi connectivity index (χ0) is 21.1. The molecular formula is C21H19F3N4O2. The van der Waals surface area contributed by atoms with Crippen molar-refractivity contribution in [1.29, 1.82) is 0 Å². The van der Waals surface area contributed by atoms with E-state index in [1.54, 1.807) is 30.6 Å². The van der Waals surface area contributed by atoms with Gasteiger partial charge in [0.1, 0.15) is 6.10 Å². The average molecular weight is 416 g/mol. The minimum absolute atomic E-state index is 0.00969. The monoisotopic (exact) mass is 416 g/mol. The van der Waals surface area contributed by atoms with Crippen molar-refractivity contribution in [2.45, 2.75) is 44.0 Å². The van der Waals surface area contributed by atoms with Crippen LogP contribution in [0.25, 0.3) is 11.0 Å². The predicted octanol–water partition coefficient (Wildman–Crippen LogP) is 4.16. The second kappa shape index (κ2) is 8.25. The molecule has 4 rings (SSSR count). The molecule has 2 heterocycles. The lowest BCUT2D eigenvalue weighted by atomic mass is 9.92. The minimum Gasteiger partial charge on any atom is -0.474 e. The number of halogens is 3. The average Bonchev–Trinajstić information content (AvgIpc) is 2.74. The second-order valence-electron chi connectivity index (χ2n) is 7.21. The molecule has 0 saturated heterocycles. The SMILES string of the molecule is O=C(NC1CCC(Oc2ccc(C(F)(F)F)cn2)CC1)c1ccc2nccnc2c1. The lowest BCUT2D eigenvalue weighted by Crippen LogP contribution is -2.39. The Labute approximate surface area is 170 Å². The van der Waals surface area contributed by atoms with Gasteiger partial charge in [-0.1, -0.05) is 0 Å². The Morgan fingerprint density at radius 1 is 0.967 bits per heavy atom. The molecule has 1 saturated carbocycles. The molecule has 0 bridgehead atoms. The van der Waals surface area contributed by atoms with E-state index in [0.717, 1.165) is 17.8 Å². The zero-order valence-corrected chi connectivity index (χ0v) is 15.9. The van der Waals surface area contributed by atoms with Gasteiger partial charge in [-0.2, -0.15) is 13.2 Å². The molecule has 0 spiro atoms. The van der Waals surface area contributed by atoms with E-state index in [0.29, 0.717) is 36.8 Å². The number of nitrogens with zero attached hydrogens (tertiary/aromatic N) is 3. The highest BCUT2D eigenvalue weighted by Gasteiger charge is 2.31. The smallest absolute Gasteiger partial charge is 0.417 e. The number of rotatable bonds is 4. The molecule has 1 aliphatic carbocycles. The Balaban J connectivity index is 1.29. The number of carbonyl (C=O) groups is 1. The van der Waals surface area contributed by atoms with E-state index in [9.17, 15) is 18.0 Å². The van der Waals surface area contributed by atoms with Crippen molar-refractivity contribution >= 4 is 16.9 Å². The Bertz CT molecular complexity index is 1030. The highest BCUT2D eigenvalue weighted by molar-refractivity contribution is 5.97. The third-order valence-electron chi connectivity index (χ3n) is 5.09. The van der Waals surface area contributed by atoms with Crippen LogP contribution >= 0.6 is 0 Å². The molecule has 1 aromatic carbocycles. The lowest BCUT2D eigenvalue weighted by Gasteiger charge is -2.29. The van der Waals surface area contributed by atoms with Crippen LogP contribution in [0, 0.1) is 0 Å². The standard InChI is InChI=1S/C21H19F3N4O2/c22-21(23,24)14-2-8-19(27-12-14)30-16-5-3-15(4-6-16)28-20(29)13-1-7-17-18(11-13)26-10-9-25-17/h1-2,7-12,15-16H,3-6H2,(H,28,29). The molecule has 9 heteroatoms. The summed E-state index contributed by atoms with van der Waals surface area (Å²) < 4.78 is 43.5. The maximum absolute atomic E-state index is 12.6. The van der Waals surface area contributed by atoms with Crippen molar-refractivity contribution in [2.75, 3.05) is 0 Å². The first kappa shape index (κ1) is 20.1. The van der Waals surface area contributed by atoms with Gasteiger partial charge in [0.15, 0.2) is 0 Å². The number of pyridine rings is 1. The van der Waals surface area contributed by atoms with E-state index in [4.69, 9.17) is 4.74 Å². The maximum atomic E-state index is 12.6. The minimum atomic E-state index is -4.42. The number of nitrogens with one attached hydrogen (secondary N) is 1. The fourth-order valence-electron chi connectivity index (χ4n) is 3.49. The number of aromatic nitrogens is 3. The predicted molar refractivity (Wildman–Crippen MR) is 103 cm³/mol. The van der Waals surface area contributed by atoms with E-state index in [1.165, 1.54) is 6.07 Å². The van der Waals surface area contributed by atoms with E-state index in [1.807, 2.05) is 0 Å². The first-order chi connectivity index (χ1) is 14.4. The molecule has 6 nitrogen and oxygen atoms in total. The van der Waals surface area contributed by atoms with E-state index in [-0.39, 0.29) is 23.9 Å². The van der Waals surface area contributed by atoms with E-state index in [2.05, 4.69) is 20.3 Å². The quantitative estimate of drug-likeness (QED) is 0.691. The van der Waals surface area contributed by atoms with Crippen LogP contribution in [0.15, 0.2) is 48.9 Å². The van der Waals surface area contributed by atoms with Gasteiger partial charge < -0.3 is 10.1 Å². The van der Waals surface area contributed by atoms with E-state index >= 15 is 0 Å². The van der Waals surface area contributed by atoms with Gasteiger partial charge in [-0.25, -0.2) is 4.98 Å². The van der Waals surface area contributed by atoms with Crippen molar-refractivity contribution in [2.24, 2.45) is 0 Å². The van der Waals surface area contributed by atoms with Gasteiger partial charge in [-0.05, 0) is 49.9 Å². The number of carbonyl (C=O) groups excluding carboxylic acids is 1. The lowest BCUT2D eigenvalue weighted by molar-refractivity contribution is -0.137. The Morgan fingerprint density at radius 3 is 2.37 bits per heavy atom. The van der Waals surface area contributed by atoms with Crippen LogP contribution in [0.1, 0.15) is 41.6 Å². The van der Waals surface area contributed by atoms with Crippen LogP contribution in [0.2, 0.25) is 0 Å². The molecule has 1 fully saturated rings. The topological polar surface area (TPSA) is 77.0 Å². The molecule has 0 radical (unpaired) electrons. The normalized spacial score (nSPS) is 19.4. The number of ether oxygens (including phenoxy) is 1. The Morgan fingerprint density at radius 2 is 1.70 bits per heavy atom. The van der Waals surface area contributed by atoms with Gasteiger partial charge in [-0.15, -0.1) is 0 Å². The summed E-state index contributed by atoms with van der Waals surface area (Å²) in [5.74, 6) is 0.00378. The fourth-order valence-corrected chi connectivity index (χ4v) is 3.49. The third kappa shape index (κ3) is 4.67. The summed E-state index contributed by atoms with van der Waals surface area (Å²) in [6.45, 7) is 0. The van der Waals surface area contributed by atoms with Crippen LogP contribution in [0.4, 0.5) is 13.2 Å². The zero-order valence-electron chi connectivity index (χ0n) is 15.9. The summed E-state index contributed by atoms with van der Waals surface area (Å²) in [6, 6.07) is 7.40. The van der Waals surface area contributed by atoms with Crippen LogP contribution in [0.5, 0.6) is 5.88 Å². The largest absolute Gasteiger partial charge is 0.474 e. The van der Waals surface area contributed by atoms with Gasteiger partial charge in [0, 0.05) is 36.3 Å². The number of amides is 1. The summed E-state index contributed by atoms with van der Waals surface area (Å²) in [7, 11) is 0. The van der Waals surface area contributed by atoms with Crippen LogP contribution < -0.4 is 10.1 Å². The van der Waals surface area contributed by atoms with Crippen LogP contribution in [-0.4, -0.2) is 33.0 Å². The van der Waals surface area contributed by atoms with Crippen molar-refractivity contribution in [3.05, 3.63) is 60.0 Å². The van der Waals surface area contributed by atoms with Gasteiger partial charge in [0.2, 0.25) is 5.88 Å². The number of fused-ring (bicyclic) bond motifs is 1. The Hall–Kier alpha value is -3.23. The third-order valence-corrected chi connectivity index (χ3v) is 5.09. The van der Waals surface area contributed by atoms with Crippen molar-refractivity contribution in [3.8, 4) is 5.88 Å². The number of hydrogen-bond donors (Lipinski definition) is 1. The first-order valence-corrected chi connectivity index (χ1v) is 9.60. The fraction of sp³-hybridized carbons (Fsp3) is 0.333. The van der Waals surface area contributed by atoms with Gasteiger partial charge in [0.25, 0.3) is 5.91 Å². The van der Waals surface area contributed by atoms with Gasteiger partial charge in [-0.3, -0.25) is 14.8 Å².